The number of aromatic nitrogens is 1. The monoisotopic (exact) mass is 459 g/mol. The normalized spacial score (nSPS) is 29.0. The molecule has 33 heavy (non-hydrogen) atoms. The van der Waals surface area contributed by atoms with Gasteiger partial charge in [0, 0.05) is 16.0 Å². The van der Waals surface area contributed by atoms with Crippen molar-refractivity contribution in [1.29, 1.82) is 0 Å². The van der Waals surface area contributed by atoms with Crippen LogP contribution in [0.1, 0.15) is 31.7 Å². The van der Waals surface area contributed by atoms with Crippen molar-refractivity contribution in [3.8, 4) is 0 Å². The number of amides is 2. The van der Waals surface area contributed by atoms with E-state index in [9.17, 15) is 18.0 Å². The van der Waals surface area contributed by atoms with Crippen LogP contribution in [0.4, 0.5) is 5.69 Å². The minimum absolute atomic E-state index is 0.0500. The Hall–Kier alpha value is -3.43. The number of carbonyl (C=O) groups excluding carboxylic acids is 2. The highest BCUT2D eigenvalue weighted by Crippen LogP contribution is 2.47. The summed E-state index contributed by atoms with van der Waals surface area (Å²) in [5.41, 5.74) is 3.86. The van der Waals surface area contributed by atoms with Gasteiger partial charge in [-0.05, 0) is 23.6 Å². The van der Waals surface area contributed by atoms with Gasteiger partial charge in [0.15, 0.2) is 20.6 Å². The van der Waals surface area contributed by atoms with Gasteiger partial charge in [0.1, 0.15) is 0 Å². The number of anilines is 1. The SMILES string of the molecule is O=C1NC(=O)c2c1c1c3c4c2c2c(n4C4COCC(N3C3C=CC=CC=13)S4(=O)=O)=CC=CC2. The van der Waals surface area contributed by atoms with Crippen molar-refractivity contribution in [2.24, 2.45) is 0 Å². The first-order chi connectivity index (χ1) is 16.0. The number of benzene rings is 1. The lowest BCUT2D eigenvalue weighted by molar-refractivity contribution is 0.0879. The third-order valence-corrected chi connectivity index (χ3v) is 9.90. The Labute approximate surface area is 187 Å². The highest BCUT2D eigenvalue weighted by atomic mass is 32.2. The average molecular weight is 459 g/mol. The van der Waals surface area contributed by atoms with E-state index in [4.69, 9.17) is 4.74 Å². The minimum Gasteiger partial charge on any atom is -0.375 e. The number of fused-ring (bicyclic) bond motifs is 12. The van der Waals surface area contributed by atoms with Crippen LogP contribution in [-0.4, -0.2) is 49.4 Å². The van der Waals surface area contributed by atoms with Crippen LogP contribution in [0.3, 0.4) is 0 Å². The maximum atomic E-state index is 14.0. The third-order valence-electron chi connectivity index (χ3n) is 7.68. The lowest BCUT2D eigenvalue weighted by Crippen LogP contribution is -2.53. The molecular weight excluding hydrogens is 442 g/mol. The van der Waals surface area contributed by atoms with Crippen LogP contribution in [0.25, 0.3) is 22.6 Å². The highest BCUT2D eigenvalue weighted by molar-refractivity contribution is 7.92. The zero-order chi connectivity index (χ0) is 22.2. The molecule has 1 saturated heterocycles. The molecule has 2 amide bonds. The lowest BCUT2D eigenvalue weighted by atomic mass is 9.94. The maximum absolute atomic E-state index is 14.0. The van der Waals surface area contributed by atoms with E-state index in [1.54, 1.807) is 0 Å². The molecule has 3 atom stereocenters. The van der Waals surface area contributed by atoms with Crippen molar-refractivity contribution in [3.05, 3.63) is 63.7 Å². The molecule has 1 aromatic carbocycles. The van der Waals surface area contributed by atoms with Crippen molar-refractivity contribution in [1.82, 2.24) is 9.88 Å². The number of ether oxygens (including phenoxy) is 1. The summed E-state index contributed by atoms with van der Waals surface area (Å²) in [6, 6.07) is -0.356. The van der Waals surface area contributed by atoms with Gasteiger partial charge in [0.25, 0.3) is 11.8 Å². The summed E-state index contributed by atoms with van der Waals surface area (Å²) in [7, 11) is -3.68. The molecule has 2 aromatic rings. The molecule has 1 N–H and O–H groups in total. The van der Waals surface area contributed by atoms with Gasteiger partial charge in [0.2, 0.25) is 0 Å². The predicted octanol–water partition coefficient (Wildman–Crippen LogP) is 0.166. The van der Waals surface area contributed by atoms with Crippen molar-refractivity contribution >= 4 is 49.9 Å². The quantitative estimate of drug-likeness (QED) is 0.564. The summed E-state index contributed by atoms with van der Waals surface area (Å²) in [6.07, 6.45) is 14.0. The van der Waals surface area contributed by atoms with E-state index in [1.807, 2.05) is 52.0 Å². The van der Waals surface area contributed by atoms with Crippen LogP contribution in [0, 0.1) is 0 Å². The predicted molar refractivity (Wildman–Crippen MR) is 121 cm³/mol. The summed E-state index contributed by atoms with van der Waals surface area (Å²) >= 11 is 0. The molecule has 2 bridgehead atoms. The molecule has 8 nitrogen and oxygen atoms in total. The van der Waals surface area contributed by atoms with Crippen molar-refractivity contribution in [2.45, 2.75) is 23.2 Å². The van der Waals surface area contributed by atoms with Crippen molar-refractivity contribution in [2.75, 3.05) is 18.1 Å². The van der Waals surface area contributed by atoms with Crippen LogP contribution in [-0.2, 0) is 21.0 Å². The van der Waals surface area contributed by atoms with Gasteiger partial charge in [0.05, 0.1) is 41.6 Å². The smallest absolute Gasteiger partial charge is 0.259 e. The molecule has 0 saturated carbocycles. The Morgan fingerprint density at radius 3 is 2.73 bits per heavy atom. The fraction of sp³-hybridized carbons (Fsp3) is 0.250. The molecule has 5 heterocycles. The van der Waals surface area contributed by atoms with Gasteiger partial charge < -0.3 is 14.2 Å². The molecule has 8 rings (SSSR count). The molecule has 4 aliphatic heterocycles. The number of hydrogen-bond donors (Lipinski definition) is 1. The van der Waals surface area contributed by atoms with Gasteiger partial charge in [-0.1, -0.05) is 36.5 Å². The number of sulfone groups is 1. The summed E-state index contributed by atoms with van der Waals surface area (Å²) in [5.74, 6) is -0.855. The zero-order valence-corrected chi connectivity index (χ0v) is 18.1. The highest BCUT2D eigenvalue weighted by Gasteiger charge is 2.53. The Bertz CT molecular complexity index is 1720. The number of nitrogens with one attached hydrogen (secondary N) is 1. The first kappa shape index (κ1) is 18.0. The second kappa shape index (κ2) is 5.55. The molecule has 1 fully saturated rings. The van der Waals surface area contributed by atoms with Crippen molar-refractivity contribution < 1.29 is 22.7 Å². The molecule has 9 heteroatoms. The van der Waals surface area contributed by atoms with Crippen molar-refractivity contribution in [3.63, 3.8) is 0 Å². The molecular formula is C24H17N3O5S. The zero-order valence-electron chi connectivity index (χ0n) is 17.2. The Morgan fingerprint density at radius 1 is 1.03 bits per heavy atom. The van der Waals surface area contributed by atoms with Gasteiger partial charge in [-0.15, -0.1) is 0 Å². The first-order valence-corrected chi connectivity index (χ1v) is 12.5. The lowest BCUT2D eigenvalue weighted by Gasteiger charge is -2.38. The second-order valence-corrected chi connectivity index (χ2v) is 11.4. The first-order valence-electron chi connectivity index (χ1n) is 10.9. The van der Waals surface area contributed by atoms with E-state index < -0.39 is 32.4 Å². The fourth-order valence-electron chi connectivity index (χ4n) is 6.46. The van der Waals surface area contributed by atoms with Crippen LogP contribution in [0.2, 0.25) is 0 Å². The molecule has 1 aromatic heterocycles. The average Bonchev–Trinajstić information content (AvgIpc) is 3.40. The molecule has 2 aliphatic carbocycles. The largest absolute Gasteiger partial charge is 0.375 e. The van der Waals surface area contributed by atoms with Crippen LogP contribution >= 0.6 is 0 Å². The number of hydrogen-bond acceptors (Lipinski definition) is 6. The molecule has 0 radical (unpaired) electrons. The Morgan fingerprint density at radius 2 is 1.85 bits per heavy atom. The number of carbonyl (C=O) groups is 2. The molecule has 3 unspecified atom stereocenters. The second-order valence-electron chi connectivity index (χ2n) is 9.10. The Balaban J connectivity index is 1.72. The summed E-state index contributed by atoms with van der Waals surface area (Å²) in [5, 5.41) is 2.83. The summed E-state index contributed by atoms with van der Waals surface area (Å²) < 4.78 is 35.7. The summed E-state index contributed by atoms with van der Waals surface area (Å²) in [6.45, 7) is 0.106. The fourth-order valence-corrected chi connectivity index (χ4v) is 8.46. The number of nitrogens with zero attached hydrogens (tertiary/aromatic N) is 2. The van der Waals surface area contributed by atoms with E-state index in [0.717, 1.165) is 16.5 Å². The topological polar surface area (TPSA) is 97.7 Å². The van der Waals surface area contributed by atoms with E-state index in [0.29, 0.717) is 39.4 Å². The van der Waals surface area contributed by atoms with E-state index in [2.05, 4.69) is 5.32 Å². The standard InChI is InChI=1S/C24H17N3O5S/c28-23-19-17-11-5-1-3-7-13(11)26-15-9-32-10-16(33(15,30)31)27-14-8-4-2-6-12(14)18(22(27)21(17)26)20(19)24(29)25-23/h1-5,7-8,13,15-16H,6,9-10H2,(H,25,28,29). The van der Waals surface area contributed by atoms with Crippen LogP contribution in [0.15, 0.2) is 36.5 Å². The van der Waals surface area contributed by atoms with Gasteiger partial charge in [-0.2, -0.15) is 0 Å². The molecule has 164 valence electrons. The molecule has 0 spiro atoms. The third kappa shape index (κ3) is 1.84. The number of rotatable bonds is 0. The van der Waals surface area contributed by atoms with E-state index in [1.165, 1.54) is 0 Å². The molecule has 6 aliphatic rings. The van der Waals surface area contributed by atoms with Crippen LogP contribution < -0.4 is 20.8 Å². The summed E-state index contributed by atoms with van der Waals surface area (Å²) in [4.78, 5) is 28.1. The van der Waals surface area contributed by atoms with E-state index in [-0.39, 0.29) is 19.3 Å². The Kier molecular flexibility index (Phi) is 3.03. The minimum atomic E-state index is -3.68. The number of allylic oxidation sites excluding steroid dienone is 4. The van der Waals surface area contributed by atoms with Gasteiger partial charge in [-0.25, -0.2) is 8.42 Å². The van der Waals surface area contributed by atoms with Gasteiger partial charge >= 0.3 is 0 Å². The van der Waals surface area contributed by atoms with Gasteiger partial charge in [-0.3, -0.25) is 14.9 Å². The van der Waals surface area contributed by atoms with E-state index >= 15 is 0 Å². The maximum Gasteiger partial charge on any atom is 0.259 e. The number of imide groups is 1. The van der Waals surface area contributed by atoms with Crippen LogP contribution in [0.5, 0.6) is 0 Å².